The van der Waals surface area contributed by atoms with Gasteiger partial charge in [0.2, 0.25) is 0 Å². The van der Waals surface area contributed by atoms with Crippen LogP contribution in [0.2, 0.25) is 0 Å². The highest BCUT2D eigenvalue weighted by Gasteiger charge is 2.08. The van der Waals surface area contributed by atoms with Crippen molar-refractivity contribution in [3.05, 3.63) is 47.7 Å². The number of anilines is 3. The largest absolute Gasteiger partial charge is 0.397 e. The van der Waals surface area contributed by atoms with Gasteiger partial charge in [-0.2, -0.15) is 5.26 Å². The third-order valence-electron chi connectivity index (χ3n) is 2.77. The van der Waals surface area contributed by atoms with Crippen molar-refractivity contribution < 1.29 is 0 Å². The van der Waals surface area contributed by atoms with E-state index in [0.29, 0.717) is 11.3 Å². The molecule has 0 aliphatic carbocycles. The van der Waals surface area contributed by atoms with Crippen LogP contribution in [-0.4, -0.2) is 12.0 Å². The highest BCUT2D eigenvalue weighted by molar-refractivity contribution is 5.64. The number of pyridine rings is 1. The zero-order chi connectivity index (χ0) is 13.1. The summed E-state index contributed by atoms with van der Waals surface area (Å²) in [5.74, 6) is 0.855. The molecular weight excluding hydrogens is 224 g/mol. The number of aromatic nitrogens is 1. The van der Waals surface area contributed by atoms with Crippen molar-refractivity contribution in [1.29, 1.82) is 5.26 Å². The molecule has 0 spiro atoms. The van der Waals surface area contributed by atoms with E-state index in [1.54, 1.807) is 18.3 Å². The van der Waals surface area contributed by atoms with Crippen LogP contribution in [0.5, 0.6) is 0 Å². The summed E-state index contributed by atoms with van der Waals surface area (Å²) in [4.78, 5) is 6.30. The van der Waals surface area contributed by atoms with Crippen LogP contribution in [0.1, 0.15) is 11.1 Å². The monoisotopic (exact) mass is 238 g/mol. The topological polar surface area (TPSA) is 65.9 Å². The number of hydrogen-bond donors (Lipinski definition) is 1. The van der Waals surface area contributed by atoms with E-state index in [4.69, 9.17) is 11.0 Å². The van der Waals surface area contributed by atoms with Gasteiger partial charge < -0.3 is 10.6 Å². The summed E-state index contributed by atoms with van der Waals surface area (Å²) in [6.07, 6.45) is 1.64. The average molecular weight is 238 g/mol. The van der Waals surface area contributed by atoms with E-state index < -0.39 is 0 Å². The highest BCUT2D eigenvalue weighted by atomic mass is 15.2. The minimum atomic E-state index is 0.647. The van der Waals surface area contributed by atoms with Crippen LogP contribution in [0.15, 0.2) is 36.5 Å². The first-order valence-corrected chi connectivity index (χ1v) is 5.58. The second-order valence-electron chi connectivity index (χ2n) is 4.13. The van der Waals surface area contributed by atoms with Gasteiger partial charge in [-0.3, -0.25) is 0 Å². The molecule has 2 aromatic rings. The van der Waals surface area contributed by atoms with Crippen molar-refractivity contribution in [2.45, 2.75) is 6.92 Å². The lowest BCUT2D eigenvalue weighted by Crippen LogP contribution is -2.12. The lowest BCUT2D eigenvalue weighted by molar-refractivity contribution is 1.10. The van der Waals surface area contributed by atoms with Crippen molar-refractivity contribution in [3.8, 4) is 6.07 Å². The Kier molecular flexibility index (Phi) is 3.16. The zero-order valence-electron chi connectivity index (χ0n) is 10.4. The molecule has 1 aromatic carbocycles. The molecule has 90 valence electrons. The second-order valence-corrected chi connectivity index (χ2v) is 4.13. The summed E-state index contributed by atoms with van der Waals surface area (Å²) in [6, 6.07) is 11.4. The van der Waals surface area contributed by atoms with Gasteiger partial charge in [-0.1, -0.05) is 0 Å². The van der Waals surface area contributed by atoms with Crippen LogP contribution >= 0.6 is 0 Å². The van der Waals surface area contributed by atoms with Crippen LogP contribution in [-0.2, 0) is 0 Å². The van der Waals surface area contributed by atoms with Crippen molar-refractivity contribution in [2.75, 3.05) is 17.7 Å². The molecule has 18 heavy (non-hydrogen) atoms. The number of nitrogens with two attached hydrogens (primary N) is 1. The van der Waals surface area contributed by atoms with Gasteiger partial charge in [0.25, 0.3) is 0 Å². The fourth-order valence-corrected chi connectivity index (χ4v) is 1.82. The summed E-state index contributed by atoms with van der Waals surface area (Å²) >= 11 is 0. The van der Waals surface area contributed by atoms with Gasteiger partial charge in [0.05, 0.1) is 23.5 Å². The summed E-state index contributed by atoms with van der Waals surface area (Å²) in [6.45, 7) is 1.97. The van der Waals surface area contributed by atoms with Crippen LogP contribution in [0.25, 0.3) is 0 Å². The molecule has 0 radical (unpaired) electrons. The summed E-state index contributed by atoms with van der Waals surface area (Å²) in [7, 11) is 1.94. The van der Waals surface area contributed by atoms with Gasteiger partial charge in [-0.25, -0.2) is 4.98 Å². The summed E-state index contributed by atoms with van der Waals surface area (Å²) < 4.78 is 0. The van der Waals surface area contributed by atoms with Gasteiger partial charge in [-0.15, -0.1) is 0 Å². The highest BCUT2D eigenvalue weighted by Crippen LogP contribution is 2.25. The summed E-state index contributed by atoms with van der Waals surface area (Å²) in [5.41, 5.74) is 8.99. The molecule has 4 nitrogen and oxygen atoms in total. The van der Waals surface area contributed by atoms with E-state index >= 15 is 0 Å². The van der Waals surface area contributed by atoms with E-state index in [1.165, 1.54) is 0 Å². The molecule has 0 aliphatic heterocycles. The molecule has 0 unspecified atom stereocenters. The predicted molar refractivity (Wildman–Crippen MR) is 72.6 cm³/mol. The van der Waals surface area contributed by atoms with Gasteiger partial charge >= 0.3 is 0 Å². The lowest BCUT2D eigenvalue weighted by atomic mass is 10.2. The number of nitrogen functional groups attached to an aromatic ring is 1. The van der Waals surface area contributed by atoms with E-state index in [-0.39, 0.29) is 0 Å². The Morgan fingerprint density at radius 1 is 1.28 bits per heavy atom. The molecule has 2 rings (SSSR count). The second kappa shape index (κ2) is 4.76. The molecule has 0 bridgehead atoms. The Bertz CT molecular complexity index is 596. The molecule has 4 heteroatoms. The standard InChI is InChI=1S/C14H14N4/c1-10-7-12(16)9-17-14(10)18(2)13-5-3-11(8-15)4-6-13/h3-7,9H,16H2,1-2H3. The SMILES string of the molecule is Cc1cc(N)cnc1N(C)c1ccc(C#N)cc1. The molecule has 0 saturated heterocycles. The number of hydrogen-bond acceptors (Lipinski definition) is 4. The first kappa shape index (κ1) is 11.9. The Labute approximate surface area is 106 Å². The van der Waals surface area contributed by atoms with Crippen molar-refractivity contribution in [2.24, 2.45) is 0 Å². The van der Waals surface area contributed by atoms with E-state index in [1.807, 2.05) is 37.1 Å². The molecule has 0 aliphatic rings. The van der Waals surface area contributed by atoms with E-state index in [9.17, 15) is 0 Å². The van der Waals surface area contributed by atoms with Gasteiger partial charge in [0, 0.05) is 12.7 Å². The molecule has 0 saturated carbocycles. The Hall–Kier alpha value is -2.54. The van der Waals surface area contributed by atoms with Gasteiger partial charge in [0.1, 0.15) is 5.82 Å². The quantitative estimate of drug-likeness (QED) is 0.873. The fraction of sp³-hybridized carbons (Fsp3) is 0.143. The number of rotatable bonds is 2. The molecule has 2 N–H and O–H groups in total. The first-order valence-electron chi connectivity index (χ1n) is 5.58. The third-order valence-corrected chi connectivity index (χ3v) is 2.77. The maximum atomic E-state index is 8.77. The molecule has 0 fully saturated rings. The number of nitriles is 1. The maximum Gasteiger partial charge on any atom is 0.135 e. The lowest BCUT2D eigenvalue weighted by Gasteiger charge is -2.20. The van der Waals surface area contributed by atoms with Crippen LogP contribution in [0.3, 0.4) is 0 Å². The van der Waals surface area contributed by atoms with Crippen LogP contribution in [0, 0.1) is 18.3 Å². The zero-order valence-corrected chi connectivity index (χ0v) is 10.4. The normalized spacial score (nSPS) is 9.83. The van der Waals surface area contributed by atoms with E-state index in [0.717, 1.165) is 17.1 Å². The molecular formula is C14H14N4. The van der Waals surface area contributed by atoms with E-state index in [2.05, 4.69) is 11.1 Å². The Morgan fingerprint density at radius 3 is 2.50 bits per heavy atom. The van der Waals surface area contributed by atoms with Gasteiger partial charge in [-0.05, 0) is 42.8 Å². The minimum Gasteiger partial charge on any atom is -0.397 e. The molecule has 0 atom stereocenters. The smallest absolute Gasteiger partial charge is 0.135 e. The maximum absolute atomic E-state index is 8.77. The average Bonchev–Trinajstić information content (AvgIpc) is 2.38. The number of aryl methyl sites for hydroxylation is 1. The fourth-order valence-electron chi connectivity index (χ4n) is 1.82. The number of nitrogens with zero attached hydrogens (tertiary/aromatic N) is 3. The predicted octanol–water partition coefficient (Wildman–Crippen LogP) is 2.61. The van der Waals surface area contributed by atoms with Gasteiger partial charge in [0.15, 0.2) is 0 Å². The first-order chi connectivity index (χ1) is 8.61. The molecule has 1 heterocycles. The Balaban J connectivity index is 2.35. The molecule has 0 amide bonds. The van der Waals surface area contributed by atoms with Crippen molar-refractivity contribution in [1.82, 2.24) is 4.98 Å². The van der Waals surface area contributed by atoms with Crippen LogP contribution < -0.4 is 10.6 Å². The summed E-state index contributed by atoms with van der Waals surface area (Å²) in [5, 5.41) is 8.77. The number of benzene rings is 1. The van der Waals surface area contributed by atoms with Crippen molar-refractivity contribution in [3.63, 3.8) is 0 Å². The van der Waals surface area contributed by atoms with Crippen LogP contribution in [0.4, 0.5) is 17.2 Å². The van der Waals surface area contributed by atoms with Crippen molar-refractivity contribution >= 4 is 17.2 Å². The molecule has 1 aromatic heterocycles. The third kappa shape index (κ3) is 2.25. The Morgan fingerprint density at radius 2 is 1.94 bits per heavy atom. The minimum absolute atomic E-state index is 0.647.